The van der Waals surface area contributed by atoms with Gasteiger partial charge in [-0.1, -0.05) is 0 Å². The molecule has 1 atom stereocenters. The molecule has 0 aromatic rings. The fourth-order valence-corrected chi connectivity index (χ4v) is 2.31. The van der Waals surface area contributed by atoms with Crippen LogP contribution < -0.4 is 0 Å². The summed E-state index contributed by atoms with van der Waals surface area (Å²) in [5.41, 5.74) is 0. The first-order chi connectivity index (χ1) is 7.68. The summed E-state index contributed by atoms with van der Waals surface area (Å²) in [6.45, 7) is 3.51. The number of rotatable bonds is 2. The van der Waals surface area contributed by atoms with E-state index in [1.165, 1.54) is 0 Å². The average Bonchev–Trinajstić information content (AvgIpc) is 2.72. The molecule has 4 nitrogen and oxygen atoms in total. The largest absolute Gasteiger partial charge is 0.490 e. The highest BCUT2D eigenvalue weighted by molar-refractivity contribution is 5.98. The molecule has 90 valence electrons. The second-order valence-corrected chi connectivity index (χ2v) is 4.68. The summed E-state index contributed by atoms with van der Waals surface area (Å²) < 4.78 is 5.36. The van der Waals surface area contributed by atoms with Gasteiger partial charge in [0.15, 0.2) is 5.76 Å². The number of likely N-dealkylation sites (N-methyl/N-ethyl adjacent to an activating group) is 2. The highest BCUT2D eigenvalue weighted by atomic mass is 16.5. The zero-order chi connectivity index (χ0) is 11.5. The number of carbonyl (C=O) groups excluding carboxylic acids is 1. The predicted octanol–water partition coefficient (Wildman–Crippen LogP) is 0.496. The molecule has 2 rings (SSSR count). The van der Waals surface area contributed by atoms with E-state index in [2.05, 4.69) is 16.8 Å². The molecule has 0 aromatic heterocycles. The summed E-state index contributed by atoms with van der Waals surface area (Å²) in [6.07, 6.45) is 3.91. The van der Waals surface area contributed by atoms with E-state index in [1.807, 2.05) is 13.1 Å². The van der Waals surface area contributed by atoms with E-state index >= 15 is 0 Å². The molecule has 2 aliphatic rings. The molecule has 0 aromatic carbocycles. The van der Waals surface area contributed by atoms with Gasteiger partial charge in [0.1, 0.15) is 0 Å². The van der Waals surface area contributed by atoms with Crippen molar-refractivity contribution in [1.82, 2.24) is 9.80 Å². The second-order valence-electron chi connectivity index (χ2n) is 4.68. The van der Waals surface area contributed by atoms with Crippen LogP contribution in [0.15, 0.2) is 11.8 Å². The fraction of sp³-hybridized carbons (Fsp3) is 0.750. The summed E-state index contributed by atoms with van der Waals surface area (Å²) in [4.78, 5) is 16.6. The molecule has 0 aliphatic carbocycles. The van der Waals surface area contributed by atoms with Gasteiger partial charge in [-0.2, -0.15) is 0 Å². The van der Waals surface area contributed by atoms with Crippen LogP contribution in [0.5, 0.6) is 0 Å². The van der Waals surface area contributed by atoms with Crippen molar-refractivity contribution in [3.05, 3.63) is 11.8 Å². The lowest BCUT2D eigenvalue weighted by Gasteiger charge is -2.26. The van der Waals surface area contributed by atoms with Crippen LogP contribution >= 0.6 is 0 Å². The summed E-state index contributed by atoms with van der Waals surface area (Å²) in [6, 6.07) is -0.0446. The molecular formula is C12H20N2O2. The minimum atomic E-state index is -0.0446. The molecule has 1 saturated heterocycles. The van der Waals surface area contributed by atoms with Gasteiger partial charge in [0.05, 0.1) is 12.6 Å². The van der Waals surface area contributed by atoms with Gasteiger partial charge >= 0.3 is 0 Å². The summed E-state index contributed by atoms with van der Waals surface area (Å²) in [5.74, 6) is 0.723. The van der Waals surface area contributed by atoms with E-state index in [1.54, 1.807) is 0 Å². The van der Waals surface area contributed by atoms with Gasteiger partial charge in [-0.15, -0.1) is 0 Å². The smallest absolute Gasteiger partial charge is 0.215 e. The van der Waals surface area contributed by atoms with Crippen molar-refractivity contribution in [2.24, 2.45) is 0 Å². The number of Topliss-reactive ketones (excluding diaryl/α,β-unsaturated/α-hetero) is 1. The fourth-order valence-electron chi connectivity index (χ4n) is 2.31. The van der Waals surface area contributed by atoms with E-state index in [-0.39, 0.29) is 11.8 Å². The lowest BCUT2D eigenvalue weighted by atomic mass is 10.1. The maximum Gasteiger partial charge on any atom is 0.215 e. The maximum atomic E-state index is 12.2. The van der Waals surface area contributed by atoms with Gasteiger partial charge in [0.25, 0.3) is 0 Å². The van der Waals surface area contributed by atoms with Crippen molar-refractivity contribution in [2.45, 2.75) is 18.9 Å². The molecule has 4 heteroatoms. The van der Waals surface area contributed by atoms with Crippen LogP contribution in [0.4, 0.5) is 0 Å². The Morgan fingerprint density at radius 2 is 2.25 bits per heavy atom. The van der Waals surface area contributed by atoms with E-state index in [0.717, 1.165) is 32.5 Å². The molecular weight excluding hydrogens is 204 g/mol. The van der Waals surface area contributed by atoms with Crippen molar-refractivity contribution in [1.29, 1.82) is 0 Å². The molecule has 0 saturated carbocycles. The van der Waals surface area contributed by atoms with Crippen LogP contribution in [0, 0.1) is 0 Å². The van der Waals surface area contributed by atoms with Crippen molar-refractivity contribution in [2.75, 3.05) is 40.3 Å². The van der Waals surface area contributed by atoms with Crippen LogP contribution in [0.25, 0.3) is 0 Å². The summed E-state index contributed by atoms with van der Waals surface area (Å²) in [5, 5.41) is 0. The third-order valence-corrected chi connectivity index (χ3v) is 3.32. The van der Waals surface area contributed by atoms with Gasteiger partial charge in [0, 0.05) is 13.0 Å². The summed E-state index contributed by atoms with van der Waals surface area (Å²) >= 11 is 0. The van der Waals surface area contributed by atoms with Gasteiger partial charge in [-0.25, -0.2) is 0 Å². The Morgan fingerprint density at radius 3 is 2.94 bits per heavy atom. The normalized spacial score (nSPS) is 28.4. The van der Waals surface area contributed by atoms with Crippen LogP contribution in [0.2, 0.25) is 0 Å². The number of carbonyl (C=O) groups is 1. The third-order valence-electron chi connectivity index (χ3n) is 3.32. The van der Waals surface area contributed by atoms with Gasteiger partial charge < -0.3 is 9.64 Å². The molecule has 2 aliphatic heterocycles. The quantitative estimate of drug-likeness (QED) is 0.683. The third kappa shape index (κ3) is 2.44. The molecule has 0 N–H and O–H groups in total. The first-order valence-corrected chi connectivity index (χ1v) is 5.94. The molecule has 2 heterocycles. The average molecular weight is 224 g/mol. The minimum Gasteiger partial charge on any atom is -0.490 e. The Kier molecular flexibility index (Phi) is 3.61. The van der Waals surface area contributed by atoms with E-state index < -0.39 is 0 Å². The summed E-state index contributed by atoms with van der Waals surface area (Å²) in [7, 11) is 4.10. The molecule has 1 fully saturated rings. The van der Waals surface area contributed by atoms with E-state index in [9.17, 15) is 4.79 Å². The highest BCUT2D eigenvalue weighted by Gasteiger charge is 2.30. The van der Waals surface area contributed by atoms with Crippen molar-refractivity contribution in [3.63, 3.8) is 0 Å². The number of ether oxygens (including phenoxy) is 1. The van der Waals surface area contributed by atoms with Gasteiger partial charge in [0.2, 0.25) is 5.78 Å². The number of nitrogens with zero attached hydrogens (tertiary/aromatic N) is 2. The Labute approximate surface area is 96.8 Å². The van der Waals surface area contributed by atoms with E-state index in [4.69, 9.17) is 4.74 Å². The van der Waals surface area contributed by atoms with Crippen LogP contribution in [0.1, 0.15) is 12.8 Å². The topological polar surface area (TPSA) is 32.8 Å². The molecule has 0 radical (unpaired) electrons. The standard InChI is InChI=1S/C12H20N2O2/c1-13-6-4-7-14(2)10(9-13)12(15)11-5-3-8-16-11/h5,10H,3-4,6-9H2,1-2H3. The molecule has 0 spiro atoms. The maximum absolute atomic E-state index is 12.2. The second kappa shape index (κ2) is 4.97. The number of ketones is 1. The van der Waals surface area contributed by atoms with E-state index in [0.29, 0.717) is 12.4 Å². The Morgan fingerprint density at radius 1 is 1.44 bits per heavy atom. The number of hydrogen-bond acceptors (Lipinski definition) is 4. The van der Waals surface area contributed by atoms with Crippen LogP contribution in [0.3, 0.4) is 0 Å². The first kappa shape index (κ1) is 11.6. The van der Waals surface area contributed by atoms with Crippen molar-refractivity contribution in [3.8, 4) is 0 Å². The molecule has 16 heavy (non-hydrogen) atoms. The Hall–Kier alpha value is -0.870. The monoisotopic (exact) mass is 224 g/mol. The predicted molar refractivity (Wildman–Crippen MR) is 62.2 cm³/mol. The molecule has 1 unspecified atom stereocenters. The molecule has 0 amide bonds. The Balaban J connectivity index is 2.07. The highest BCUT2D eigenvalue weighted by Crippen LogP contribution is 2.16. The minimum absolute atomic E-state index is 0.0446. The van der Waals surface area contributed by atoms with Crippen molar-refractivity contribution < 1.29 is 9.53 Å². The van der Waals surface area contributed by atoms with Gasteiger partial charge in [-0.3, -0.25) is 9.69 Å². The number of hydrogen-bond donors (Lipinski definition) is 0. The zero-order valence-electron chi connectivity index (χ0n) is 10.1. The lowest BCUT2D eigenvalue weighted by molar-refractivity contribution is -0.123. The molecule has 0 bridgehead atoms. The lowest BCUT2D eigenvalue weighted by Crippen LogP contribution is -2.44. The Bertz CT molecular complexity index is 301. The van der Waals surface area contributed by atoms with Crippen LogP contribution in [-0.4, -0.2) is 62.0 Å². The van der Waals surface area contributed by atoms with Crippen LogP contribution in [-0.2, 0) is 9.53 Å². The SMILES string of the molecule is CN1CCCN(C)C(C(=O)C2=CCCO2)C1. The van der Waals surface area contributed by atoms with Crippen molar-refractivity contribution >= 4 is 5.78 Å². The zero-order valence-corrected chi connectivity index (χ0v) is 10.1. The first-order valence-electron chi connectivity index (χ1n) is 5.94. The van der Waals surface area contributed by atoms with Gasteiger partial charge in [-0.05, 0) is 39.7 Å².